The Hall–Kier alpha value is -1.30. The van der Waals surface area contributed by atoms with E-state index in [1.807, 2.05) is 0 Å². The number of nitrogens with zero attached hydrogens (tertiary/aromatic N) is 2. The van der Waals surface area contributed by atoms with E-state index in [9.17, 15) is 4.79 Å². The second-order valence-electron chi connectivity index (χ2n) is 4.71. The zero-order chi connectivity index (χ0) is 13.8. The summed E-state index contributed by atoms with van der Waals surface area (Å²) in [7, 11) is 0. The van der Waals surface area contributed by atoms with Gasteiger partial charge in [-0.2, -0.15) is 0 Å². The first-order valence-electron chi connectivity index (χ1n) is 5.76. The largest absolute Gasteiger partial charge is 0.462 e. The van der Waals surface area contributed by atoms with Crippen molar-refractivity contribution in [3.05, 3.63) is 17.6 Å². The van der Waals surface area contributed by atoms with E-state index in [0.29, 0.717) is 18.2 Å². The minimum atomic E-state index is -0.481. The third-order valence-corrected chi connectivity index (χ3v) is 3.27. The highest BCUT2D eigenvalue weighted by atomic mass is 32.2. The Kier molecular flexibility index (Phi) is 4.95. The van der Waals surface area contributed by atoms with E-state index in [1.165, 1.54) is 6.20 Å². The number of rotatable bonds is 4. The first kappa shape index (κ1) is 14.8. The van der Waals surface area contributed by atoms with Gasteiger partial charge in [0.1, 0.15) is 17.2 Å². The molecule has 0 aliphatic rings. The van der Waals surface area contributed by atoms with Crippen LogP contribution in [0.4, 0.5) is 5.82 Å². The average molecular weight is 269 g/mol. The molecule has 1 aromatic rings. The van der Waals surface area contributed by atoms with Gasteiger partial charge >= 0.3 is 5.97 Å². The lowest BCUT2D eigenvalue weighted by molar-refractivity contribution is 0.0526. The van der Waals surface area contributed by atoms with E-state index in [-0.39, 0.29) is 16.1 Å². The second kappa shape index (κ2) is 6.04. The molecule has 0 saturated carbocycles. The SMILES string of the molecule is CCOC(=O)c1cnc(CSC(C)(C)C)nc1N. The summed E-state index contributed by atoms with van der Waals surface area (Å²) in [5.41, 5.74) is 5.95. The van der Waals surface area contributed by atoms with Crippen LogP contribution in [0.1, 0.15) is 43.9 Å². The van der Waals surface area contributed by atoms with Crippen LogP contribution in [0, 0.1) is 0 Å². The fourth-order valence-electron chi connectivity index (χ4n) is 1.15. The van der Waals surface area contributed by atoms with Gasteiger partial charge in [-0.15, -0.1) is 11.8 Å². The molecule has 5 nitrogen and oxygen atoms in total. The maximum absolute atomic E-state index is 11.5. The van der Waals surface area contributed by atoms with E-state index in [0.717, 1.165) is 0 Å². The van der Waals surface area contributed by atoms with Crippen LogP contribution in [0.2, 0.25) is 0 Å². The summed E-state index contributed by atoms with van der Waals surface area (Å²) >= 11 is 1.72. The third kappa shape index (κ3) is 4.52. The number of carbonyl (C=O) groups is 1. The van der Waals surface area contributed by atoms with E-state index >= 15 is 0 Å². The van der Waals surface area contributed by atoms with Crippen molar-refractivity contribution in [1.82, 2.24) is 9.97 Å². The van der Waals surface area contributed by atoms with Gasteiger partial charge in [-0.25, -0.2) is 14.8 Å². The lowest BCUT2D eigenvalue weighted by Gasteiger charge is -2.16. The molecule has 1 aromatic heterocycles. The van der Waals surface area contributed by atoms with Gasteiger partial charge in [0.15, 0.2) is 0 Å². The highest BCUT2D eigenvalue weighted by Gasteiger charge is 2.15. The minimum absolute atomic E-state index is 0.137. The number of esters is 1. The predicted molar refractivity (Wildman–Crippen MR) is 73.4 cm³/mol. The molecule has 6 heteroatoms. The quantitative estimate of drug-likeness (QED) is 0.845. The number of nitrogens with two attached hydrogens (primary N) is 1. The number of hydrogen-bond acceptors (Lipinski definition) is 6. The summed E-state index contributed by atoms with van der Waals surface area (Å²) in [6, 6.07) is 0. The molecule has 0 atom stereocenters. The van der Waals surface area contributed by atoms with Crippen LogP contribution in [0.5, 0.6) is 0 Å². The highest BCUT2D eigenvalue weighted by Crippen LogP contribution is 2.26. The molecular formula is C12H19N3O2S. The zero-order valence-electron chi connectivity index (χ0n) is 11.2. The molecule has 1 rings (SSSR count). The number of hydrogen-bond donors (Lipinski definition) is 1. The minimum Gasteiger partial charge on any atom is -0.462 e. The van der Waals surface area contributed by atoms with Crippen LogP contribution in [-0.4, -0.2) is 27.3 Å². The first-order valence-corrected chi connectivity index (χ1v) is 6.74. The maximum atomic E-state index is 11.5. The van der Waals surface area contributed by atoms with Crippen molar-refractivity contribution < 1.29 is 9.53 Å². The first-order chi connectivity index (χ1) is 8.33. The Balaban J connectivity index is 2.76. The monoisotopic (exact) mass is 269 g/mol. The van der Waals surface area contributed by atoms with Crippen LogP contribution in [0.15, 0.2) is 6.20 Å². The van der Waals surface area contributed by atoms with Gasteiger partial charge in [0.05, 0.1) is 12.4 Å². The van der Waals surface area contributed by atoms with Crippen LogP contribution in [0.3, 0.4) is 0 Å². The van der Waals surface area contributed by atoms with Gasteiger partial charge in [0, 0.05) is 10.9 Å². The summed E-state index contributed by atoms with van der Waals surface area (Å²) in [5, 5.41) is 0. The normalized spacial score (nSPS) is 11.3. The average Bonchev–Trinajstić information content (AvgIpc) is 2.25. The van der Waals surface area contributed by atoms with Gasteiger partial charge in [-0.05, 0) is 6.92 Å². The van der Waals surface area contributed by atoms with Crippen molar-refractivity contribution in [2.45, 2.75) is 38.2 Å². The van der Waals surface area contributed by atoms with Crippen LogP contribution < -0.4 is 5.73 Å². The molecule has 0 aliphatic carbocycles. The summed E-state index contributed by atoms with van der Waals surface area (Å²) < 4.78 is 5.00. The van der Waals surface area contributed by atoms with Gasteiger partial charge in [-0.1, -0.05) is 20.8 Å². The molecule has 0 amide bonds. The Bertz CT molecular complexity index is 430. The van der Waals surface area contributed by atoms with Crippen molar-refractivity contribution in [2.75, 3.05) is 12.3 Å². The highest BCUT2D eigenvalue weighted by molar-refractivity contribution is 7.99. The molecule has 0 unspecified atom stereocenters. The number of ether oxygens (including phenoxy) is 1. The zero-order valence-corrected chi connectivity index (χ0v) is 12.0. The van der Waals surface area contributed by atoms with Crippen molar-refractivity contribution >= 4 is 23.5 Å². The van der Waals surface area contributed by atoms with E-state index < -0.39 is 5.97 Å². The number of aromatic nitrogens is 2. The summed E-state index contributed by atoms with van der Waals surface area (Å²) in [6.07, 6.45) is 1.43. The molecule has 18 heavy (non-hydrogen) atoms. The maximum Gasteiger partial charge on any atom is 0.343 e. The molecule has 0 spiro atoms. The fraction of sp³-hybridized carbons (Fsp3) is 0.583. The number of anilines is 1. The van der Waals surface area contributed by atoms with Crippen molar-refractivity contribution in [3.8, 4) is 0 Å². The van der Waals surface area contributed by atoms with Gasteiger partial charge < -0.3 is 10.5 Å². The number of nitrogen functional groups attached to an aromatic ring is 1. The summed E-state index contributed by atoms with van der Waals surface area (Å²) in [6.45, 7) is 8.40. The van der Waals surface area contributed by atoms with E-state index in [2.05, 4.69) is 30.7 Å². The number of thioether (sulfide) groups is 1. The van der Waals surface area contributed by atoms with Crippen LogP contribution in [0.25, 0.3) is 0 Å². The third-order valence-electron chi connectivity index (χ3n) is 2.00. The van der Waals surface area contributed by atoms with Gasteiger partial charge in [-0.3, -0.25) is 0 Å². The van der Waals surface area contributed by atoms with Crippen molar-refractivity contribution in [1.29, 1.82) is 0 Å². The Labute approximate surface area is 112 Å². The predicted octanol–water partition coefficient (Wildman–Crippen LogP) is 2.27. The molecule has 2 N–H and O–H groups in total. The molecule has 0 radical (unpaired) electrons. The van der Waals surface area contributed by atoms with E-state index in [1.54, 1.807) is 18.7 Å². The topological polar surface area (TPSA) is 78.1 Å². The smallest absolute Gasteiger partial charge is 0.343 e. The summed E-state index contributed by atoms with van der Waals surface area (Å²) in [5.74, 6) is 0.982. The van der Waals surface area contributed by atoms with Crippen molar-refractivity contribution in [3.63, 3.8) is 0 Å². The molecule has 1 heterocycles. The van der Waals surface area contributed by atoms with Crippen molar-refractivity contribution in [2.24, 2.45) is 0 Å². The number of carbonyl (C=O) groups excluding carboxylic acids is 1. The van der Waals surface area contributed by atoms with Gasteiger partial charge in [0.25, 0.3) is 0 Å². The second-order valence-corrected chi connectivity index (χ2v) is 6.51. The van der Waals surface area contributed by atoms with E-state index in [4.69, 9.17) is 10.5 Å². The van der Waals surface area contributed by atoms with Crippen LogP contribution in [-0.2, 0) is 10.5 Å². The Morgan fingerprint density at radius 3 is 2.67 bits per heavy atom. The Morgan fingerprint density at radius 1 is 1.50 bits per heavy atom. The lowest BCUT2D eigenvalue weighted by Crippen LogP contribution is -2.13. The Morgan fingerprint density at radius 2 is 2.17 bits per heavy atom. The van der Waals surface area contributed by atoms with Crippen LogP contribution >= 0.6 is 11.8 Å². The van der Waals surface area contributed by atoms with Gasteiger partial charge in [0.2, 0.25) is 0 Å². The molecule has 0 saturated heterocycles. The molecule has 0 fully saturated rings. The standard InChI is InChI=1S/C12H19N3O2S/c1-5-17-11(16)8-6-14-9(15-10(8)13)7-18-12(2,3)4/h6H,5,7H2,1-4H3,(H2,13,14,15). The molecular weight excluding hydrogens is 250 g/mol. The molecule has 100 valence electrons. The molecule has 0 aromatic carbocycles. The molecule has 0 bridgehead atoms. The molecule has 0 aliphatic heterocycles. The summed E-state index contributed by atoms with van der Waals surface area (Å²) in [4.78, 5) is 19.8. The lowest BCUT2D eigenvalue weighted by atomic mass is 10.3. The fourth-order valence-corrected chi connectivity index (χ4v) is 1.85.